The summed E-state index contributed by atoms with van der Waals surface area (Å²) < 4.78 is 33.4. The standard InChI is InChI=1S/C16H15BrF2O2/c1-9-5-11(7-20)6-10(2)16(9)21-8-12-14(18)4-3-13(17)15(12)19/h3-6,20H,7-8H2,1-2H3. The van der Waals surface area contributed by atoms with E-state index >= 15 is 0 Å². The van der Waals surface area contributed by atoms with Crippen LogP contribution < -0.4 is 4.74 Å². The number of ether oxygens (including phenoxy) is 1. The van der Waals surface area contributed by atoms with Crippen LogP contribution in [0.15, 0.2) is 28.7 Å². The lowest BCUT2D eigenvalue weighted by Crippen LogP contribution is -2.05. The van der Waals surface area contributed by atoms with Crippen molar-refractivity contribution in [3.63, 3.8) is 0 Å². The zero-order valence-corrected chi connectivity index (χ0v) is 13.3. The van der Waals surface area contributed by atoms with E-state index < -0.39 is 11.6 Å². The third-order valence-corrected chi connectivity index (χ3v) is 3.81. The van der Waals surface area contributed by atoms with E-state index in [0.29, 0.717) is 5.75 Å². The molecule has 0 aliphatic heterocycles. The smallest absolute Gasteiger partial charge is 0.146 e. The van der Waals surface area contributed by atoms with Crippen molar-refractivity contribution in [3.8, 4) is 5.75 Å². The maximum Gasteiger partial charge on any atom is 0.146 e. The normalized spacial score (nSPS) is 10.8. The highest BCUT2D eigenvalue weighted by atomic mass is 79.9. The summed E-state index contributed by atoms with van der Waals surface area (Å²) in [6, 6.07) is 6.09. The van der Waals surface area contributed by atoms with Crippen molar-refractivity contribution in [3.05, 3.63) is 62.6 Å². The molecule has 0 atom stereocenters. The molecule has 0 saturated heterocycles. The predicted molar refractivity (Wildman–Crippen MR) is 80.2 cm³/mol. The molecule has 5 heteroatoms. The summed E-state index contributed by atoms with van der Waals surface area (Å²) in [7, 11) is 0. The third kappa shape index (κ3) is 3.41. The summed E-state index contributed by atoms with van der Waals surface area (Å²) in [5.74, 6) is -0.721. The average Bonchev–Trinajstić information content (AvgIpc) is 2.45. The van der Waals surface area contributed by atoms with Crippen molar-refractivity contribution >= 4 is 15.9 Å². The minimum Gasteiger partial charge on any atom is -0.488 e. The Kier molecular flexibility index (Phi) is 4.96. The van der Waals surface area contributed by atoms with Gasteiger partial charge in [0.1, 0.15) is 24.0 Å². The van der Waals surface area contributed by atoms with Gasteiger partial charge in [-0.3, -0.25) is 0 Å². The minimum absolute atomic E-state index is 0.0587. The Bertz CT molecular complexity index is 649. The molecule has 0 fully saturated rings. The molecule has 2 rings (SSSR count). The fraction of sp³-hybridized carbons (Fsp3) is 0.250. The lowest BCUT2D eigenvalue weighted by Gasteiger charge is -2.14. The fourth-order valence-electron chi connectivity index (χ4n) is 2.20. The van der Waals surface area contributed by atoms with Crippen LogP contribution >= 0.6 is 15.9 Å². The van der Waals surface area contributed by atoms with E-state index in [-0.39, 0.29) is 23.2 Å². The van der Waals surface area contributed by atoms with E-state index in [1.54, 1.807) is 12.1 Å². The number of hydrogen-bond acceptors (Lipinski definition) is 2. The molecule has 0 unspecified atom stereocenters. The number of aryl methyl sites for hydroxylation is 2. The van der Waals surface area contributed by atoms with Gasteiger partial charge in [0, 0.05) is 0 Å². The molecule has 0 amide bonds. The maximum atomic E-state index is 13.9. The molecule has 1 N–H and O–H groups in total. The van der Waals surface area contributed by atoms with Gasteiger partial charge >= 0.3 is 0 Å². The minimum atomic E-state index is -0.655. The first-order valence-corrected chi connectivity index (χ1v) is 7.19. The van der Waals surface area contributed by atoms with Gasteiger partial charge in [0.15, 0.2) is 0 Å². The number of rotatable bonds is 4. The summed E-state index contributed by atoms with van der Waals surface area (Å²) in [6.45, 7) is 3.40. The molecular formula is C16H15BrF2O2. The monoisotopic (exact) mass is 356 g/mol. The Labute approximate surface area is 130 Å². The van der Waals surface area contributed by atoms with Crippen molar-refractivity contribution in [2.75, 3.05) is 0 Å². The van der Waals surface area contributed by atoms with Crippen LogP contribution in [0.3, 0.4) is 0 Å². The lowest BCUT2D eigenvalue weighted by atomic mass is 10.1. The van der Waals surface area contributed by atoms with Gasteiger partial charge in [0.25, 0.3) is 0 Å². The van der Waals surface area contributed by atoms with E-state index in [0.717, 1.165) is 16.7 Å². The number of benzene rings is 2. The van der Waals surface area contributed by atoms with Crippen LogP contribution in [0.1, 0.15) is 22.3 Å². The van der Waals surface area contributed by atoms with Crippen molar-refractivity contribution < 1.29 is 18.6 Å². The largest absolute Gasteiger partial charge is 0.488 e. The SMILES string of the molecule is Cc1cc(CO)cc(C)c1OCc1c(F)ccc(Br)c1F. The second kappa shape index (κ2) is 6.54. The molecular weight excluding hydrogens is 342 g/mol. The molecule has 2 aromatic carbocycles. The molecule has 0 bridgehead atoms. The topological polar surface area (TPSA) is 29.5 Å². The highest BCUT2D eigenvalue weighted by molar-refractivity contribution is 9.10. The van der Waals surface area contributed by atoms with E-state index in [1.165, 1.54) is 12.1 Å². The molecule has 2 nitrogen and oxygen atoms in total. The van der Waals surface area contributed by atoms with Gasteiger partial charge in [-0.1, -0.05) is 12.1 Å². The summed E-state index contributed by atoms with van der Waals surface area (Å²) >= 11 is 3.03. The lowest BCUT2D eigenvalue weighted by molar-refractivity contribution is 0.278. The quantitative estimate of drug-likeness (QED) is 0.822. The second-order valence-corrected chi connectivity index (χ2v) is 5.68. The molecule has 0 aliphatic rings. The number of halogens is 3. The zero-order valence-electron chi connectivity index (χ0n) is 11.7. The summed E-state index contributed by atoms with van der Waals surface area (Å²) in [4.78, 5) is 0. The third-order valence-electron chi connectivity index (χ3n) is 3.20. The maximum absolute atomic E-state index is 13.9. The molecule has 0 aliphatic carbocycles. The Hall–Kier alpha value is -1.46. The van der Waals surface area contributed by atoms with Gasteiger partial charge in [0.2, 0.25) is 0 Å². The van der Waals surface area contributed by atoms with Crippen molar-refractivity contribution in [1.82, 2.24) is 0 Å². The van der Waals surface area contributed by atoms with Gasteiger partial charge in [-0.25, -0.2) is 8.78 Å². The average molecular weight is 357 g/mol. The molecule has 2 aromatic rings. The molecule has 21 heavy (non-hydrogen) atoms. The van der Waals surface area contributed by atoms with E-state index in [9.17, 15) is 8.78 Å². The molecule has 0 aromatic heterocycles. The van der Waals surface area contributed by atoms with Gasteiger partial charge in [0.05, 0.1) is 16.6 Å². The number of aliphatic hydroxyl groups is 1. The first-order valence-electron chi connectivity index (χ1n) is 6.40. The summed E-state index contributed by atoms with van der Waals surface area (Å²) in [5, 5.41) is 9.14. The Morgan fingerprint density at radius 1 is 1.14 bits per heavy atom. The van der Waals surface area contributed by atoms with E-state index in [1.807, 2.05) is 13.8 Å². The highest BCUT2D eigenvalue weighted by Crippen LogP contribution is 2.28. The molecule has 0 radical (unpaired) electrons. The molecule has 0 spiro atoms. The second-order valence-electron chi connectivity index (χ2n) is 4.83. The molecule has 0 heterocycles. The van der Waals surface area contributed by atoms with Crippen molar-refractivity contribution in [2.45, 2.75) is 27.1 Å². The summed E-state index contributed by atoms with van der Waals surface area (Å²) in [6.07, 6.45) is 0. The summed E-state index contributed by atoms with van der Waals surface area (Å²) in [5.41, 5.74) is 2.29. The fourth-order valence-corrected chi connectivity index (χ4v) is 2.58. The molecule has 0 saturated carbocycles. The highest BCUT2D eigenvalue weighted by Gasteiger charge is 2.14. The van der Waals surface area contributed by atoms with Gasteiger partial charge < -0.3 is 9.84 Å². The first kappa shape index (κ1) is 15.9. The Balaban J connectivity index is 2.27. The van der Waals surface area contributed by atoms with Crippen LogP contribution in [0.4, 0.5) is 8.78 Å². The van der Waals surface area contributed by atoms with Crippen molar-refractivity contribution in [1.29, 1.82) is 0 Å². The van der Waals surface area contributed by atoms with Gasteiger partial charge in [-0.15, -0.1) is 0 Å². The van der Waals surface area contributed by atoms with E-state index in [4.69, 9.17) is 9.84 Å². The number of hydrogen-bond donors (Lipinski definition) is 1. The van der Waals surface area contributed by atoms with Crippen LogP contribution in [0.2, 0.25) is 0 Å². The van der Waals surface area contributed by atoms with Gasteiger partial charge in [-0.2, -0.15) is 0 Å². The van der Waals surface area contributed by atoms with Crippen LogP contribution in [0.25, 0.3) is 0 Å². The van der Waals surface area contributed by atoms with Crippen LogP contribution in [-0.2, 0) is 13.2 Å². The number of aliphatic hydroxyl groups excluding tert-OH is 1. The van der Waals surface area contributed by atoms with Crippen molar-refractivity contribution in [2.24, 2.45) is 0 Å². The van der Waals surface area contributed by atoms with Crippen LogP contribution in [0.5, 0.6) is 5.75 Å². The first-order chi connectivity index (χ1) is 9.93. The van der Waals surface area contributed by atoms with Crippen LogP contribution in [0, 0.1) is 25.5 Å². The Morgan fingerprint density at radius 3 is 2.33 bits per heavy atom. The van der Waals surface area contributed by atoms with E-state index in [2.05, 4.69) is 15.9 Å². The Morgan fingerprint density at radius 2 is 1.76 bits per heavy atom. The molecule has 112 valence electrons. The van der Waals surface area contributed by atoms with Gasteiger partial charge in [-0.05, 0) is 58.6 Å². The predicted octanol–water partition coefficient (Wildman–Crippen LogP) is 4.42. The van der Waals surface area contributed by atoms with Crippen LogP contribution in [-0.4, -0.2) is 5.11 Å². The zero-order chi connectivity index (χ0) is 15.6.